The first kappa shape index (κ1) is 15.2. The summed E-state index contributed by atoms with van der Waals surface area (Å²) in [6.07, 6.45) is 0. The van der Waals surface area contributed by atoms with Crippen molar-refractivity contribution in [3.63, 3.8) is 0 Å². The van der Waals surface area contributed by atoms with Crippen LogP contribution in [0.4, 0.5) is 0 Å². The maximum atomic E-state index is 11.4. The van der Waals surface area contributed by atoms with Crippen molar-refractivity contribution >= 4 is 23.6 Å². The van der Waals surface area contributed by atoms with Crippen LogP contribution in [0.5, 0.6) is 0 Å². The molecule has 1 atom stereocenters. The van der Waals surface area contributed by atoms with Crippen molar-refractivity contribution in [1.29, 1.82) is 0 Å². The number of carbonyl (C=O) groups excluding carboxylic acids is 1. The van der Waals surface area contributed by atoms with Crippen LogP contribution >= 0.6 is 11.8 Å². The van der Waals surface area contributed by atoms with Gasteiger partial charge in [-0.25, -0.2) is 4.79 Å². The molecular formula is C10H19NO4S. The molecule has 0 saturated heterocycles. The van der Waals surface area contributed by atoms with Crippen LogP contribution in [-0.2, 0) is 14.3 Å². The Morgan fingerprint density at radius 2 is 2.06 bits per heavy atom. The number of carboxylic acids is 1. The highest BCUT2D eigenvalue weighted by Crippen LogP contribution is 2.04. The summed E-state index contributed by atoms with van der Waals surface area (Å²) in [5.74, 6) is -0.374. The van der Waals surface area contributed by atoms with Crippen LogP contribution in [0.1, 0.15) is 13.8 Å². The van der Waals surface area contributed by atoms with Crippen molar-refractivity contribution < 1.29 is 19.4 Å². The zero-order valence-corrected chi connectivity index (χ0v) is 10.7. The van der Waals surface area contributed by atoms with Crippen LogP contribution in [0, 0.1) is 5.92 Å². The first-order chi connectivity index (χ1) is 7.49. The largest absolute Gasteiger partial charge is 0.480 e. The van der Waals surface area contributed by atoms with E-state index in [0.29, 0.717) is 6.61 Å². The van der Waals surface area contributed by atoms with E-state index in [2.05, 4.69) is 5.32 Å². The van der Waals surface area contributed by atoms with E-state index in [9.17, 15) is 9.59 Å². The second-order valence-corrected chi connectivity index (χ2v) is 4.78. The molecule has 0 radical (unpaired) electrons. The molecule has 16 heavy (non-hydrogen) atoms. The number of rotatable bonds is 8. The fraction of sp³-hybridized carbons (Fsp3) is 0.800. The van der Waals surface area contributed by atoms with E-state index in [0.717, 1.165) is 5.75 Å². The van der Waals surface area contributed by atoms with Gasteiger partial charge < -0.3 is 15.2 Å². The van der Waals surface area contributed by atoms with Crippen LogP contribution in [0.2, 0.25) is 0 Å². The van der Waals surface area contributed by atoms with Gasteiger partial charge in [0.05, 0.1) is 12.4 Å². The molecule has 6 heteroatoms. The van der Waals surface area contributed by atoms with Crippen molar-refractivity contribution in [2.24, 2.45) is 5.92 Å². The molecule has 0 rings (SSSR count). The maximum absolute atomic E-state index is 11.4. The maximum Gasteiger partial charge on any atom is 0.326 e. The van der Waals surface area contributed by atoms with Gasteiger partial charge in [0.2, 0.25) is 5.91 Å². The third-order valence-electron chi connectivity index (χ3n) is 1.91. The van der Waals surface area contributed by atoms with Gasteiger partial charge in [-0.15, -0.1) is 11.8 Å². The fourth-order valence-electron chi connectivity index (χ4n) is 1.04. The number of amides is 1. The van der Waals surface area contributed by atoms with E-state index < -0.39 is 12.0 Å². The van der Waals surface area contributed by atoms with Crippen molar-refractivity contribution in [2.75, 3.05) is 25.2 Å². The lowest BCUT2D eigenvalue weighted by Gasteiger charge is -2.17. The van der Waals surface area contributed by atoms with Crippen LogP contribution in [-0.4, -0.2) is 48.2 Å². The third-order valence-corrected chi connectivity index (χ3v) is 2.84. The van der Waals surface area contributed by atoms with Gasteiger partial charge in [-0.05, 0) is 5.92 Å². The number of thioether (sulfide) groups is 1. The minimum atomic E-state index is -0.995. The zero-order chi connectivity index (χ0) is 12.6. The van der Waals surface area contributed by atoms with E-state index in [-0.39, 0.29) is 17.6 Å². The van der Waals surface area contributed by atoms with Crippen LogP contribution < -0.4 is 5.32 Å². The number of hydrogen-bond acceptors (Lipinski definition) is 4. The highest BCUT2D eigenvalue weighted by atomic mass is 32.2. The van der Waals surface area contributed by atoms with E-state index in [1.807, 2.05) is 0 Å². The average molecular weight is 249 g/mol. The number of aliphatic carboxylic acids is 1. The minimum absolute atomic E-state index is 0.120. The lowest BCUT2D eigenvalue weighted by atomic mass is 10.1. The first-order valence-corrected chi connectivity index (χ1v) is 6.23. The summed E-state index contributed by atoms with van der Waals surface area (Å²) >= 11 is 1.42. The number of ether oxygens (including phenoxy) is 1. The van der Waals surface area contributed by atoms with Gasteiger partial charge in [-0.2, -0.15) is 0 Å². The Morgan fingerprint density at radius 1 is 1.44 bits per heavy atom. The number of carboxylic acid groups (broad SMARTS) is 1. The molecule has 0 aromatic heterocycles. The molecule has 5 nitrogen and oxygen atoms in total. The third kappa shape index (κ3) is 6.68. The van der Waals surface area contributed by atoms with Gasteiger partial charge in [0.1, 0.15) is 6.04 Å². The van der Waals surface area contributed by atoms with Crippen LogP contribution in [0.15, 0.2) is 0 Å². The standard InChI is InChI=1S/C10H19NO4S/c1-7(2)9(10(13)14)11-8(12)6-16-5-4-15-3/h7,9H,4-6H2,1-3H3,(H,11,12)(H,13,14)/t9-/m0/s1. The number of methoxy groups -OCH3 is 1. The van der Waals surface area contributed by atoms with Crippen LogP contribution in [0.3, 0.4) is 0 Å². The predicted octanol–water partition coefficient (Wildman–Crippen LogP) is 0.591. The summed E-state index contributed by atoms with van der Waals surface area (Å²) in [5, 5.41) is 11.4. The fourth-order valence-corrected chi connectivity index (χ4v) is 1.73. The van der Waals surface area contributed by atoms with E-state index >= 15 is 0 Å². The monoisotopic (exact) mass is 249 g/mol. The molecule has 0 heterocycles. The summed E-state index contributed by atoms with van der Waals surface area (Å²) in [7, 11) is 1.60. The van der Waals surface area contributed by atoms with E-state index in [1.165, 1.54) is 11.8 Å². The second kappa shape index (κ2) is 8.41. The predicted molar refractivity (Wildman–Crippen MR) is 63.6 cm³/mol. The molecule has 0 bridgehead atoms. The molecule has 0 saturated carbocycles. The molecule has 0 aliphatic carbocycles. The van der Waals surface area contributed by atoms with Gasteiger partial charge in [0, 0.05) is 12.9 Å². The van der Waals surface area contributed by atoms with Crippen LogP contribution in [0.25, 0.3) is 0 Å². The van der Waals surface area contributed by atoms with Crippen molar-refractivity contribution in [2.45, 2.75) is 19.9 Å². The molecule has 94 valence electrons. The Hall–Kier alpha value is -0.750. The Balaban J connectivity index is 3.87. The molecule has 0 fully saturated rings. The molecule has 0 spiro atoms. The summed E-state index contributed by atoms with van der Waals surface area (Å²) in [4.78, 5) is 22.2. The van der Waals surface area contributed by atoms with Gasteiger partial charge >= 0.3 is 5.97 Å². The Labute approximate surface area is 99.9 Å². The molecule has 2 N–H and O–H groups in total. The Morgan fingerprint density at radius 3 is 2.50 bits per heavy atom. The molecule has 1 amide bonds. The van der Waals surface area contributed by atoms with Crippen molar-refractivity contribution in [3.8, 4) is 0 Å². The molecule has 0 unspecified atom stereocenters. The number of nitrogens with one attached hydrogen (secondary N) is 1. The van der Waals surface area contributed by atoms with Crippen molar-refractivity contribution in [3.05, 3.63) is 0 Å². The topological polar surface area (TPSA) is 75.6 Å². The smallest absolute Gasteiger partial charge is 0.326 e. The molecule has 0 aliphatic heterocycles. The summed E-state index contributed by atoms with van der Waals surface area (Å²) in [6.45, 7) is 4.11. The lowest BCUT2D eigenvalue weighted by molar-refractivity contribution is -0.142. The lowest BCUT2D eigenvalue weighted by Crippen LogP contribution is -2.45. The molecular weight excluding hydrogens is 230 g/mol. The zero-order valence-electron chi connectivity index (χ0n) is 9.86. The van der Waals surface area contributed by atoms with E-state index in [1.54, 1.807) is 21.0 Å². The summed E-state index contributed by atoms with van der Waals surface area (Å²) in [5.41, 5.74) is 0. The normalized spacial score (nSPS) is 12.5. The SMILES string of the molecule is COCCSCC(=O)N[C@H](C(=O)O)C(C)C. The highest BCUT2D eigenvalue weighted by molar-refractivity contribution is 7.99. The summed E-state index contributed by atoms with van der Waals surface area (Å²) in [6, 6.07) is -0.810. The highest BCUT2D eigenvalue weighted by Gasteiger charge is 2.22. The quantitative estimate of drug-likeness (QED) is 0.616. The Bertz CT molecular complexity index is 233. The average Bonchev–Trinajstić information content (AvgIpc) is 2.20. The van der Waals surface area contributed by atoms with Crippen molar-refractivity contribution in [1.82, 2.24) is 5.32 Å². The van der Waals surface area contributed by atoms with Gasteiger partial charge in [0.25, 0.3) is 0 Å². The minimum Gasteiger partial charge on any atom is -0.480 e. The molecule has 0 aromatic carbocycles. The summed E-state index contributed by atoms with van der Waals surface area (Å²) < 4.78 is 4.83. The van der Waals surface area contributed by atoms with Gasteiger partial charge in [-0.1, -0.05) is 13.8 Å². The van der Waals surface area contributed by atoms with Gasteiger partial charge in [-0.3, -0.25) is 4.79 Å². The number of hydrogen-bond donors (Lipinski definition) is 2. The van der Waals surface area contributed by atoms with E-state index in [4.69, 9.17) is 9.84 Å². The number of carbonyl (C=O) groups is 2. The molecule has 0 aromatic rings. The second-order valence-electron chi connectivity index (χ2n) is 3.67. The Kier molecular flexibility index (Phi) is 8.01. The van der Waals surface area contributed by atoms with Gasteiger partial charge in [0.15, 0.2) is 0 Å². The first-order valence-electron chi connectivity index (χ1n) is 5.08. The molecule has 0 aliphatic rings.